The van der Waals surface area contributed by atoms with Gasteiger partial charge >= 0.3 is 12.1 Å². The Morgan fingerprint density at radius 3 is 2.11 bits per heavy atom. The van der Waals surface area contributed by atoms with Crippen LogP contribution < -0.4 is 5.32 Å². The lowest BCUT2D eigenvalue weighted by Crippen LogP contribution is -2.49. The van der Waals surface area contributed by atoms with Gasteiger partial charge in [0.25, 0.3) is 0 Å². The van der Waals surface area contributed by atoms with Gasteiger partial charge in [0, 0.05) is 18.9 Å². The number of alkyl halides is 5. The lowest BCUT2D eigenvalue weighted by Gasteiger charge is -2.38. The first kappa shape index (κ1) is 15.2. The summed E-state index contributed by atoms with van der Waals surface area (Å²) in [5.41, 5.74) is 0. The van der Waals surface area contributed by atoms with Gasteiger partial charge in [0.05, 0.1) is 0 Å². The van der Waals surface area contributed by atoms with Gasteiger partial charge in [0.2, 0.25) is 5.91 Å². The van der Waals surface area contributed by atoms with E-state index in [2.05, 4.69) is 5.32 Å². The number of hydrogen-bond donors (Lipinski definition) is 1. The van der Waals surface area contributed by atoms with Crippen molar-refractivity contribution in [2.45, 2.75) is 51.3 Å². The standard InChI is InChI=1S/C11H16F5NO/c1-6-5-8(10(12,13)11(14,15)16)3-4-9(6)17-7(2)18/h6,8-9H,3-5H2,1-2H3,(H,17,18). The Kier molecular flexibility index (Phi) is 4.23. The smallest absolute Gasteiger partial charge is 0.353 e. The fourth-order valence-corrected chi connectivity index (χ4v) is 2.43. The summed E-state index contributed by atoms with van der Waals surface area (Å²) in [5.74, 6) is -7.03. The van der Waals surface area contributed by atoms with Gasteiger partial charge in [0.1, 0.15) is 0 Å². The highest BCUT2D eigenvalue weighted by Crippen LogP contribution is 2.47. The SMILES string of the molecule is CC(=O)NC1CCC(C(F)(F)C(F)(F)F)CC1C. The van der Waals surface area contributed by atoms with E-state index in [1.165, 1.54) is 6.92 Å². The number of amides is 1. The van der Waals surface area contributed by atoms with Crippen LogP contribution in [0.1, 0.15) is 33.1 Å². The molecular formula is C11H16F5NO. The molecule has 1 aliphatic carbocycles. The molecule has 0 aromatic rings. The summed E-state index contributed by atoms with van der Waals surface area (Å²) in [6.07, 6.45) is -5.82. The van der Waals surface area contributed by atoms with Crippen molar-refractivity contribution in [3.63, 3.8) is 0 Å². The third kappa shape index (κ3) is 3.11. The Morgan fingerprint density at radius 1 is 1.17 bits per heavy atom. The first-order valence-electron chi connectivity index (χ1n) is 5.77. The van der Waals surface area contributed by atoms with Gasteiger partial charge in [-0.05, 0) is 25.2 Å². The topological polar surface area (TPSA) is 29.1 Å². The summed E-state index contributed by atoms with van der Waals surface area (Å²) < 4.78 is 63.0. The van der Waals surface area contributed by atoms with Crippen LogP contribution in [0.15, 0.2) is 0 Å². The number of carbonyl (C=O) groups is 1. The van der Waals surface area contributed by atoms with Gasteiger partial charge in [-0.15, -0.1) is 0 Å². The van der Waals surface area contributed by atoms with Crippen molar-refractivity contribution in [1.29, 1.82) is 0 Å². The first-order valence-corrected chi connectivity index (χ1v) is 5.77. The van der Waals surface area contributed by atoms with E-state index < -0.39 is 18.0 Å². The molecule has 0 aliphatic heterocycles. The van der Waals surface area contributed by atoms with Crippen LogP contribution in [0.5, 0.6) is 0 Å². The lowest BCUT2D eigenvalue weighted by molar-refractivity contribution is -0.307. The van der Waals surface area contributed by atoms with E-state index in [0.29, 0.717) is 0 Å². The van der Waals surface area contributed by atoms with Crippen LogP contribution in [-0.4, -0.2) is 24.0 Å². The number of halogens is 5. The summed E-state index contributed by atoms with van der Waals surface area (Å²) in [7, 11) is 0. The van der Waals surface area contributed by atoms with Crippen LogP contribution in [0.2, 0.25) is 0 Å². The van der Waals surface area contributed by atoms with Gasteiger partial charge in [-0.25, -0.2) is 0 Å². The Hall–Kier alpha value is -0.880. The Balaban J connectivity index is 2.69. The maximum atomic E-state index is 13.2. The molecule has 1 saturated carbocycles. The second-order valence-corrected chi connectivity index (χ2v) is 4.92. The molecule has 1 aliphatic rings. The molecular weight excluding hydrogens is 257 g/mol. The van der Waals surface area contributed by atoms with Crippen LogP contribution in [0, 0.1) is 11.8 Å². The van der Waals surface area contributed by atoms with E-state index in [9.17, 15) is 26.7 Å². The molecule has 1 amide bonds. The van der Waals surface area contributed by atoms with E-state index in [1.807, 2.05) is 0 Å². The minimum absolute atomic E-state index is 0.150. The highest BCUT2D eigenvalue weighted by Gasteiger charge is 2.62. The Labute approximate surface area is 102 Å². The van der Waals surface area contributed by atoms with Crippen molar-refractivity contribution >= 4 is 5.91 Å². The minimum atomic E-state index is -5.50. The highest BCUT2D eigenvalue weighted by atomic mass is 19.4. The summed E-state index contributed by atoms with van der Waals surface area (Å²) in [6, 6.07) is -0.317. The average Bonchev–Trinajstić information content (AvgIpc) is 2.18. The lowest BCUT2D eigenvalue weighted by atomic mass is 9.76. The molecule has 7 heteroatoms. The van der Waals surface area contributed by atoms with Crippen molar-refractivity contribution in [1.82, 2.24) is 5.32 Å². The number of rotatable bonds is 2. The zero-order chi connectivity index (χ0) is 14.1. The second-order valence-electron chi connectivity index (χ2n) is 4.92. The van der Waals surface area contributed by atoms with Gasteiger partial charge in [-0.1, -0.05) is 6.92 Å². The molecule has 18 heavy (non-hydrogen) atoms. The van der Waals surface area contributed by atoms with Crippen molar-refractivity contribution in [3.8, 4) is 0 Å². The molecule has 0 radical (unpaired) electrons. The highest BCUT2D eigenvalue weighted by molar-refractivity contribution is 5.73. The maximum Gasteiger partial charge on any atom is 0.453 e. The van der Waals surface area contributed by atoms with Crippen molar-refractivity contribution in [3.05, 3.63) is 0 Å². The monoisotopic (exact) mass is 273 g/mol. The molecule has 1 rings (SSSR count). The molecule has 0 aromatic carbocycles. The molecule has 0 heterocycles. The van der Waals surface area contributed by atoms with E-state index in [4.69, 9.17) is 0 Å². The van der Waals surface area contributed by atoms with Crippen LogP contribution >= 0.6 is 0 Å². The van der Waals surface area contributed by atoms with E-state index in [0.717, 1.165) is 0 Å². The molecule has 3 unspecified atom stereocenters. The summed E-state index contributed by atoms with van der Waals surface area (Å²) >= 11 is 0. The number of nitrogens with one attached hydrogen (secondary N) is 1. The van der Waals surface area contributed by atoms with Crippen LogP contribution in [0.3, 0.4) is 0 Å². The Bertz CT molecular complexity index is 315. The van der Waals surface area contributed by atoms with Gasteiger partial charge in [-0.3, -0.25) is 4.79 Å². The van der Waals surface area contributed by atoms with E-state index in [1.54, 1.807) is 6.92 Å². The van der Waals surface area contributed by atoms with Crippen LogP contribution in [0.25, 0.3) is 0 Å². The molecule has 0 bridgehead atoms. The zero-order valence-corrected chi connectivity index (χ0v) is 10.2. The largest absolute Gasteiger partial charge is 0.453 e. The molecule has 0 saturated heterocycles. The molecule has 1 N–H and O–H groups in total. The van der Waals surface area contributed by atoms with Gasteiger partial charge in [-0.2, -0.15) is 22.0 Å². The third-order valence-electron chi connectivity index (χ3n) is 3.45. The molecule has 3 atom stereocenters. The number of hydrogen-bond acceptors (Lipinski definition) is 1. The number of carbonyl (C=O) groups excluding carboxylic acids is 1. The first-order chi connectivity index (χ1) is 8.05. The minimum Gasteiger partial charge on any atom is -0.353 e. The fraction of sp³-hybridized carbons (Fsp3) is 0.909. The average molecular weight is 273 g/mol. The molecule has 0 spiro atoms. The molecule has 2 nitrogen and oxygen atoms in total. The van der Waals surface area contributed by atoms with E-state index in [-0.39, 0.29) is 37.1 Å². The third-order valence-corrected chi connectivity index (χ3v) is 3.45. The Morgan fingerprint density at radius 2 is 1.72 bits per heavy atom. The van der Waals surface area contributed by atoms with Crippen molar-refractivity contribution in [2.75, 3.05) is 0 Å². The van der Waals surface area contributed by atoms with Crippen molar-refractivity contribution in [2.24, 2.45) is 11.8 Å². The predicted octanol–water partition coefficient (Wildman–Crippen LogP) is 3.12. The second kappa shape index (κ2) is 5.01. The molecule has 1 fully saturated rings. The van der Waals surface area contributed by atoms with Crippen molar-refractivity contribution < 1.29 is 26.7 Å². The zero-order valence-electron chi connectivity index (χ0n) is 10.2. The summed E-state index contributed by atoms with van der Waals surface area (Å²) in [6.45, 7) is 2.88. The maximum absolute atomic E-state index is 13.2. The quantitative estimate of drug-likeness (QED) is 0.769. The normalized spacial score (nSPS) is 30.1. The summed E-state index contributed by atoms with van der Waals surface area (Å²) in [5, 5.41) is 2.58. The predicted molar refractivity (Wildman–Crippen MR) is 55.1 cm³/mol. The summed E-state index contributed by atoms with van der Waals surface area (Å²) in [4.78, 5) is 10.9. The van der Waals surface area contributed by atoms with Crippen LogP contribution in [-0.2, 0) is 4.79 Å². The fourth-order valence-electron chi connectivity index (χ4n) is 2.43. The molecule has 0 aromatic heterocycles. The molecule has 106 valence electrons. The van der Waals surface area contributed by atoms with Crippen LogP contribution in [0.4, 0.5) is 22.0 Å². The van der Waals surface area contributed by atoms with E-state index >= 15 is 0 Å². The van der Waals surface area contributed by atoms with Gasteiger partial charge in [0.15, 0.2) is 0 Å². The van der Waals surface area contributed by atoms with Gasteiger partial charge < -0.3 is 5.32 Å².